The number of fused-ring (bicyclic) bond motifs is 1. The summed E-state index contributed by atoms with van der Waals surface area (Å²) in [6.07, 6.45) is 0. The van der Waals surface area contributed by atoms with Crippen LogP contribution in [0.3, 0.4) is 0 Å². The molecule has 21 heteroatoms. The number of hydrogen-bond donors (Lipinski definition) is 0. The molecule has 0 atom stereocenters. The quantitative estimate of drug-likeness (QED) is 0.0859. The first-order chi connectivity index (χ1) is 24.6. The second-order valence-electron chi connectivity index (χ2n) is 10.5. The van der Waals surface area contributed by atoms with Gasteiger partial charge in [-0.3, -0.25) is 25.0 Å². The summed E-state index contributed by atoms with van der Waals surface area (Å²) < 4.78 is 33.9. The average molecular weight is 778 g/mol. The third kappa shape index (κ3) is 8.93. The van der Waals surface area contributed by atoms with Crippen molar-refractivity contribution >= 4 is 55.0 Å². The van der Waals surface area contributed by atoms with Crippen molar-refractivity contribution in [3.63, 3.8) is 0 Å². The molecule has 0 bridgehead atoms. The Kier molecular flexibility index (Phi) is 11.8. The fraction of sp³-hybridized carbons (Fsp3) is 0.0312. The maximum Gasteiger partial charge on any atom is 3.00 e. The van der Waals surface area contributed by atoms with E-state index < -0.39 is 47.6 Å². The van der Waals surface area contributed by atoms with Gasteiger partial charge in [0.2, 0.25) is 0 Å². The van der Waals surface area contributed by atoms with E-state index in [1.807, 2.05) is 12.1 Å². The molecule has 0 aliphatic rings. The Morgan fingerprint density at radius 1 is 0.698 bits per heavy atom. The van der Waals surface area contributed by atoms with E-state index in [4.69, 9.17) is 0 Å². The number of non-ortho nitro benzene ring substituents is 2. The number of aryl methyl sites for hydroxylation is 1. The molecule has 0 spiro atoms. The maximum atomic E-state index is 12.5. The van der Waals surface area contributed by atoms with Gasteiger partial charge in [-0.2, -0.15) is 15.3 Å². The first-order valence-electron chi connectivity index (χ1n) is 14.4. The number of aromatic nitrogens is 2. The van der Waals surface area contributed by atoms with E-state index in [2.05, 4.69) is 25.6 Å². The number of rotatable bonds is 8. The zero-order valence-electron chi connectivity index (χ0n) is 28.6. The molecule has 6 aromatic rings. The van der Waals surface area contributed by atoms with E-state index in [1.54, 1.807) is 18.2 Å². The number of hydrogen-bond acceptors (Lipinski definition) is 15. The number of nitrogens with zero attached hydrogens (tertiary/aromatic N) is 8. The number of nitro benzene ring substituents is 2. The van der Waals surface area contributed by atoms with Crippen LogP contribution in [0, 0.1) is 27.2 Å². The summed E-state index contributed by atoms with van der Waals surface area (Å²) in [5, 5.41) is 77.3. The van der Waals surface area contributed by atoms with Gasteiger partial charge in [-0.05, 0) is 35.7 Å². The van der Waals surface area contributed by atoms with Gasteiger partial charge in [0.05, 0.1) is 31.8 Å². The van der Waals surface area contributed by atoms with Gasteiger partial charge in [0.1, 0.15) is 15.8 Å². The standard InChI is InChI=1S/C16H13N5O7S.C16H11N3O4.Cr/c1-9-15(18-17-13-7-4-11(21(24)25)8-14(13)22)16(23)20(19-9)10-2-5-12(6-3-10)29(26,27)28;20-14-8-6-11(19(22)23)9-13(14)17-18-16-12-4-2-1-3-10(12)5-7-15(16)21;/h2-8H,1H3,(H3,17,18,19,22,23,26,27,28);1-9,20-21H;/q;;+3/p-3. The van der Waals surface area contributed by atoms with Crippen molar-refractivity contribution in [2.75, 3.05) is 0 Å². The third-order valence-electron chi connectivity index (χ3n) is 7.04. The average Bonchev–Trinajstić information content (AvgIpc) is 3.39. The van der Waals surface area contributed by atoms with E-state index in [0.29, 0.717) is 5.39 Å². The van der Waals surface area contributed by atoms with E-state index in [-0.39, 0.29) is 65.8 Å². The third-order valence-corrected chi connectivity index (χ3v) is 7.89. The van der Waals surface area contributed by atoms with E-state index >= 15 is 0 Å². The molecule has 1 aromatic heterocycles. The van der Waals surface area contributed by atoms with E-state index in [0.717, 1.165) is 58.6 Å². The molecule has 6 rings (SSSR count). The predicted molar refractivity (Wildman–Crippen MR) is 177 cm³/mol. The Morgan fingerprint density at radius 3 is 1.92 bits per heavy atom. The number of azo groups is 2. The van der Waals surface area contributed by atoms with Crippen LogP contribution in [0.15, 0.2) is 127 Å². The van der Waals surface area contributed by atoms with Crippen molar-refractivity contribution in [1.29, 1.82) is 0 Å². The zero-order chi connectivity index (χ0) is 37.7. The van der Waals surface area contributed by atoms with E-state index in [9.17, 15) is 53.3 Å². The van der Waals surface area contributed by atoms with Crippen molar-refractivity contribution in [1.82, 2.24) is 9.78 Å². The van der Waals surface area contributed by atoms with Gasteiger partial charge >= 0.3 is 20.2 Å². The van der Waals surface area contributed by atoms with Crippen molar-refractivity contribution in [2.45, 2.75) is 11.8 Å². The Bertz CT molecular complexity index is 2600. The summed E-state index contributed by atoms with van der Waals surface area (Å²) in [6, 6.07) is 20.8. The maximum absolute atomic E-state index is 12.5. The number of benzene rings is 5. The van der Waals surface area contributed by atoms with Gasteiger partial charge in [0, 0.05) is 35.3 Å². The first kappa shape index (κ1) is 39.0. The van der Waals surface area contributed by atoms with Crippen LogP contribution >= 0.6 is 0 Å². The minimum Gasteiger partial charge on any atom is -0.871 e. The fourth-order valence-corrected chi connectivity index (χ4v) is 4.95. The summed E-state index contributed by atoms with van der Waals surface area (Å²) >= 11 is 0. The van der Waals surface area contributed by atoms with Gasteiger partial charge < -0.3 is 29.7 Å². The normalized spacial score (nSPS) is 11.3. The van der Waals surface area contributed by atoms with Crippen LogP contribution in [0.5, 0.6) is 17.2 Å². The SMILES string of the molecule is Cc1[n-]n(-c2ccc(S(=O)(=O)[O-])cc2)c(=O)c1N=Nc1ccc([N+](=O)[O-])cc1[O-].O=[N+]([O-])c1ccc([O-])c(N=Nc2c([O-])ccc3ccccc23)c1.[Cr+3].[H+].[H+]. The van der Waals surface area contributed by atoms with Gasteiger partial charge in [0.25, 0.3) is 16.9 Å². The monoisotopic (exact) mass is 777 g/mol. The van der Waals surface area contributed by atoms with Crippen LogP contribution in [0.25, 0.3) is 16.5 Å². The van der Waals surface area contributed by atoms with E-state index in [1.165, 1.54) is 25.1 Å². The second kappa shape index (κ2) is 16.0. The topological polar surface area (TPSA) is 298 Å². The summed E-state index contributed by atoms with van der Waals surface area (Å²) in [5.41, 5.74) is -1.47. The summed E-state index contributed by atoms with van der Waals surface area (Å²) in [5.74, 6) is -1.59. The fourth-order valence-electron chi connectivity index (χ4n) is 4.48. The molecule has 19 nitrogen and oxygen atoms in total. The Labute approximate surface area is 311 Å². The molecule has 0 N–H and O–H groups in total. The first-order valence-corrected chi connectivity index (χ1v) is 15.8. The molecule has 1 radical (unpaired) electrons. The molecule has 0 amide bonds. The largest absolute Gasteiger partial charge is 3.00 e. The van der Waals surface area contributed by atoms with Crippen molar-refractivity contribution in [3.8, 4) is 22.9 Å². The minimum atomic E-state index is -4.63. The molecule has 0 aliphatic carbocycles. The van der Waals surface area contributed by atoms with Gasteiger partial charge in [-0.25, -0.2) is 8.42 Å². The molecule has 0 unspecified atom stereocenters. The molecule has 1 heterocycles. The molecule has 53 heavy (non-hydrogen) atoms. The predicted octanol–water partition coefficient (Wildman–Crippen LogP) is 4.94. The van der Waals surface area contributed by atoms with Gasteiger partial charge in [-0.15, -0.1) is 10.8 Å². The molecular weight excluding hydrogens is 756 g/mol. The molecule has 0 fully saturated rings. The smallest absolute Gasteiger partial charge is 0.871 e. The molecule has 0 saturated carbocycles. The summed E-state index contributed by atoms with van der Waals surface area (Å²) in [4.78, 5) is 32.1. The Balaban J connectivity index is 0.000000368. The Morgan fingerprint density at radius 2 is 1.28 bits per heavy atom. The zero-order valence-corrected chi connectivity index (χ0v) is 28.7. The Hall–Kier alpha value is -6.79. The molecule has 5 aromatic carbocycles. The van der Waals surface area contributed by atoms with Crippen LogP contribution in [-0.2, 0) is 27.5 Å². The van der Waals surface area contributed by atoms with Crippen molar-refractivity contribution in [2.24, 2.45) is 20.5 Å². The van der Waals surface area contributed by atoms with Crippen LogP contribution < -0.4 is 26.0 Å². The van der Waals surface area contributed by atoms with Crippen LogP contribution in [0.2, 0.25) is 0 Å². The molecular formula is C32H21CrN8O11S. The van der Waals surface area contributed by atoms with Crippen molar-refractivity contribution in [3.05, 3.63) is 133 Å². The number of nitro groups is 2. The summed E-state index contributed by atoms with van der Waals surface area (Å²) in [6.45, 7) is 1.47. The van der Waals surface area contributed by atoms with Crippen LogP contribution in [0.4, 0.5) is 34.1 Å². The molecule has 0 aliphatic heterocycles. The van der Waals surface area contributed by atoms with Gasteiger partial charge in [0.15, 0.2) is 0 Å². The molecule has 267 valence electrons. The molecule has 0 saturated heterocycles. The summed E-state index contributed by atoms with van der Waals surface area (Å²) in [7, 11) is -4.63. The van der Waals surface area contributed by atoms with Gasteiger partial charge in [-0.1, -0.05) is 66.6 Å². The van der Waals surface area contributed by atoms with Crippen LogP contribution in [0.1, 0.15) is 8.55 Å². The second-order valence-corrected chi connectivity index (χ2v) is 11.8. The minimum absolute atomic E-state index is 0. The van der Waals surface area contributed by atoms with Crippen LogP contribution in [-0.4, -0.2) is 27.5 Å². The van der Waals surface area contributed by atoms with Crippen molar-refractivity contribution < 1.29 is 58.4 Å².